The van der Waals surface area contributed by atoms with Gasteiger partial charge in [-0.3, -0.25) is 4.68 Å². The number of alkyl halides is 1. The van der Waals surface area contributed by atoms with Crippen LogP contribution in [-0.2, 0) is 18.1 Å². The molecule has 0 radical (unpaired) electrons. The Morgan fingerprint density at radius 3 is 2.41 bits per heavy atom. The van der Waals surface area contributed by atoms with Crippen LogP contribution in [0.1, 0.15) is 62.8 Å². The van der Waals surface area contributed by atoms with E-state index in [9.17, 15) is 4.39 Å². The average molecular weight is 432 g/mol. The fraction of sp³-hybridized carbons (Fsp3) is 0.591. The minimum absolute atomic E-state index is 0.211. The fourth-order valence-electron chi connectivity index (χ4n) is 5.35. The highest BCUT2D eigenvalue weighted by Gasteiger charge is 2.52. The second kappa shape index (κ2) is 6.07. The van der Waals surface area contributed by atoms with Crippen LogP contribution in [0, 0.1) is 5.41 Å². The van der Waals surface area contributed by atoms with E-state index in [1.54, 1.807) is 0 Å². The molecular weight excluding hydrogens is 405 g/mol. The highest BCUT2D eigenvalue weighted by molar-refractivity contribution is 9.10. The number of anilines is 1. The van der Waals surface area contributed by atoms with Crippen LogP contribution in [0.3, 0.4) is 0 Å². The summed E-state index contributed by atoms with van der Waals surface area (Å²) in [6.07, 6.45) is 8.61. The van der Waals surface area contributed by atoms with Gasteiger partial charge in [-0.25, -0.2) is 4.39 Å². The summed E-state index contributed by atoms with van der Waals surface area (Å²) in [7, 11) is 2.00. The highest BCUT2D eigenvalue weighted by Crippen LogP contribution is 2.58. The van der Waals surface area contributed by atoms with E-state index in [1.165, 1.54) is 49.9 Å². The molecule has 2 bridgehead atoms. The van der Waals surface area contributed by atoms with Crippen LogP contribution in [0.15, 0.2) is 34.8 Å². The predicted molar refractivity (Wildman–Crippen MR) is 110 cm³/mol. The Kier molecular flexibility index (Phi) is 3.98. The van der Waals surface area contributed by atoms with Gasteiger partial charge in [0.1, 0.15) is 0 Å². The number of aromatic nitrogens is 2. The zero-order chi connectivity index (χ0) is 18.7. The molecule has 5 heteroatoms. The van der Waals surface area contributed by atoms with Gasteiger partial charge in [0.2, 0.25) is 0 Å². The average Bonchev–Trinajstić information content (AvgIpc) is 3.30. The van der Waals surface area contributed by atoms with Gasteiger partial charge in [-0.2, -0.15) is 5.10 Å². The van der Waals surface area contributed by atoms with Gasteiger partial charge >= 0.3 is 0 Å². The largest absolute Gasteiger partial charge is 0.384 e. The number of fused-ring (bicyclic) bond motifs is 3. The van der Waals surface area contributed by atoms with Crippen molar-refractivity contribution in [1.29, 1.82) is 0 Å². The number of hydrogen-bond acceptors (Lipinski definition) is 2. The summed E-state index contributed by atoms with van der Waals surface area (Å²) in [6.45, 7) is 1.05. The quantitative estimate of drug-likeness (QED) is 0.643. The SMILES string of the molecule is Cn1nc(C2(F)CC2)cc1C12CCC(CNc3cccc(Br)c3)(CC1)CC2. The molecule has 4 fully saturated rings. The molecule has 0 unspecified atom stereocenters. The lowest BCUT2D eigenvalue weighted by Crippen LogP contribution is -2.47. The van der Waals surface area contributed by atoms with E-state index in [-0.39, 0.29) is 5.41 Å². The van der Waals surface area contributed by atoms with E-state index >= 15 is 0 Å². The van der Waals surface area contributed by atoms with Crippen molar-refractivity contribution < 1.29 is 4.39 Å². The van der Waals surface area contributed by atoms with Gasteiger partial charge in [-0.15, -0.1) is 0 Å². The second-order valence-corrected chi connectivity index (χ2v) is 10.1. The Hall–Kier alpha value is -1.36. The van der Waals surface area contributed by atoms with E-state index in [1.807, 2.05) is 11.7 Å². The monoisotopic (exact) mass is 431 g/mol. The van der Waals surface area contributed by atoms with Crippen molar-refractivity contribution >= 4 is 21.6 Å². The van der Waals surface area contributed by atoms with Crippen molar-refractivity contribution in [1.82, 2.24) is 9.78 Å². The molecule has 1 aromatic heterocycles. The van der Waals surface area contributed by atoms with Crippen LogP contribution >= 0.6 is 15.9 Å². The molecule has 6 rings (SSSR count). The van der Waals surface area contributed by atoms with E-state index in [2.05, 4.69) is 56.7 Å². The van der Waals surface area contributed by atoms with Crippen LogP contribution < -0.4 is 5.32 Å². The normalized spacial score (nSPS) is 31.1. The van der Waals surface area contributed by atoms with Gasteiger partial charge in [0.05, 0.1) is 5.69 Å². The van der Waals surface area contributed by atoms with Gasteiger partial charge < -0.3 is 5.32 Å². The fourth-order valence-corrected chi connectivity index (χ4v) is 5.75. The first-order chi connectivity index (χ1) is 12.9. The Bertz CT molecular complexity index is 846. The smallest absolute Gasteiger partial charge is 0.154 e. The molecule has 4 aliphatic carbocycles. The molecule has 2 aromatic rings. The van der Waals surface area contributed by atoms with Crippen LogP contribution in [0.25, 0.3) is 0 Å². The van der Waals surface area contributed by atoms with E-state index in [4.69, 9.17) is 0 Å². The Balaban J connectivity index is 1.30. The van der Waals surface area contributed by atoms with Crippen molar-refractivity contribution in [2.45, 2.75) is 62.5 Å². The molecule has 3 nitrogen and oxygen atoms in total. The zero-order valence-corrected chi connectivity index (χ0v) is 17.5. The minimum Gasteiger partial charge on any atom is -0.384 e. The molecule has 1 aromatic carbocycles. The molecule has 27 heavy (non-hydrogen) atoms. The molecule has 0 spiro atoms. The van der Waals surface area contributed by atoms with Gasteiger partial charge in [-0.1, -0.05) is 22.0 Å². The Labute approximate surface area is 168 Å². The predicted octanol–water partition coefficient (Wildman–Crippen LogP) is 5.85. The maximum Gasteiger partial charge on any atom is 0.154 e. The number of hydrogen-bond donors (Lipinski definition) is 1. The summed E-state index contributed by atoms with van der Waals surface area (Å²) in [5.74, 6) is 0. The summed E-state index contributed by atoms with van der Waals surface area (Å²) >= 11 is 3.55. The molecule has 0 atom stereocenters. The van der Waals surface area contributed by atoms with Crippen LogP contribution in [-0.4, -0.2) is 16.3 Å². The standard InChI is InChI=1S/C22H27BrFN3/c1-27-19(14-18(26-27)22(24)11-12-22)21-8-5-20(6-9-21,7-10-21)15-25-17-4-2-3-16(23)13-17/h2-4,13-14,25H,5-12,15H2,1H3. The third-order valence-corrected chi connectivity index (χ3v) is 7.96. The number of aryl methyl sites for hydroxylation is 1. The summed E-state index contributed by atoms with van der Waals surface area (Å²) < 4.78 is 17.6. The van der Waals surface area contributed by atoms with Gasteiger partial charge in [0.25, 0.3) is 0 Å². The van der Waals surface area contributed by atoms with Crippen LogP contribution in [0.2, 0.25) is 0 Å². The Morgan fingerprint density at radius 2 is 1.78 bits per heavy atom. The summed E-state index contributed by atoms with van der Waals surface area (Å²) in [5, 5.41) is 8.23. The first-order valence-corrected chi connectivity index (χ1v) is 10.9. The molecule has 0 aliphatic heterocycles. The topological polar surface area (TPSA) is 29.9 Å². The molecule has 4 saturated carbocycles. The van der Waals surface area contributed by atoms with E-state index in [0.29, 0.717) is 24.0 Å². The number of rotatable bonds is 5. The van der Waals surface area contributed by atoms with Gasteiger partial charge in [0, 0.05) is 34.9 Å². The van der Waals surface area contributed by atoms with Crippen LogP contribution in [0.5, 0.6) is 0 Å². The lowest BCUT2D eigenvalue weighted by Gasteiger charge is -2.53. The van der Waals surface area contributed by atoms with Crippen molar-refractivity contribution in [2.24, 2.45) is 12.5 Å². The molecule has 0 saturated heterocycles. The Morgan fingerprint density at radius 1 is 1.07 bits per heavy atom. The number of benzene rings is 1. The molecule has 0 amide bonds. The molecular formula is C22H27BrFN3. The molecule has 1 N–H and O–H groups in total. The third-order valence-electron chi connectivity index (χ3n) is 7.46. The number of nitrogens with zero attached hydrogens (tertiary/aromatic N) is 2. The summed E-state index contributed by atoms with van der Waals surface area (Å²) in [6, 6.07) is 10.5. The minimum atomic E-state index is -1.13. The van der Waals surface area contributed by atoms with Crippen molar-refractivity contribution in [3.05, 3.63) is 46.2 Å². The first kappa shape index (κ1) is 17.7. The van der Waals surface area contributed by atoms with E-state index in [0.717, 1.165) is 11.0 Å². The number of halogens is 2. The molecule has 1 heterocycles. The lowest BCUT2D eigenvalue weighted by atomic mass is 9.52. The van der Waals surface area contributed by atoms with Gasteiger partial charge in [0.15, 0.2) is 5.67 Å². The van der Waals surface area contributed by atoms with Crippen molar-refractivity contribution in [3.63, 3.8) is 0 Å². The molecule has 4 aliphatic rings. The highest BCUT2D eigenvalue weighted by atomic mass is 79.9. The third kappa shape index (κ3) is 3.02. The lowest BCUT2D eigenvalue weighted by molar-refractivity contribution is 0.0462. The van der Waals surface area contributed by atoms with Crippen molar-refractivity contribution in [2.75, 3.05) is 11.9 Å². The van der Waals surface area contributed by atoms with Gasteiger partial charge in [-0.05, 0) is 81.0 Å². The maximum absolute atomic E-state index is 14.5. The van der Waals surface area contributed by atoms with Crippen molar-refractivity contribution in [3.8, 4) is 0 Å². The summed E-state index contributed by atoms with van der Waals surface area (Å²) in [5.41, 5.74) is 2.62. The molecule has 144 valence electrons. The number of nitrogens with one attached hydrogen (secondary N) is 1. The van der Waals surface area contributed by atoms with Crippen LogP contribution in [0.4, 0.5) is 10.1 Å². The maximum atomic E-state index is 14.5. The zero-order valence-electron chi connectivity index (χ0n) is 15.9. The second-order valence-electron chi connectivity index (χ2n) is 9.15. The summed E-state index contributed by atoms with van der Waals surface area (Å²) in [4.78, 5) is 0. The van der Waals surface area contributed by atoms with E-state index < -0.39 is 5.67 Å². The first-order valence-electron chi connectivity index (χ1n) is 10.2.